The summed E-state index contributed by atoms with van der Waals surface area (Å²) < 4.78 is 0. The molecule has 3 saturated carbocycles. The number of hydrogen-bond donors (Lipinski definition) is 1. The average Bonchev–Trinajstić information content (AvgIpc) is 2.85. The number of carbonyl (C=O) groups excluding carboxylic acids is 1. The van der Waals surface area contributed by atoms with Crippen LogP contribution in [0.1, 0.15) is 39.0 Å². The highest BCUT2D eigenvalue weighted by Gasteiger charge is 2.68. The van der Waals surface area contributed by atoms with Crippen LogP contribution in [-0.2, 0) is 4.79 Å². The summed E-state index contributed by atoms with van der Waals surface area (Å²) in [6, 6.07) is 0.478. The molecular formula is C16H26N2O. The van der Waals surface area contributed by atoms with Gasteiger partial charge in [-0.05, 0) is 62.3 Å². The van der Waals surface area contributed by atoms with E-state index < -0.39 is 0 Å². The van der Waals surface area contributed by atoms with Crippen molar-refractivity contribution in [1.82, 2.24) is 10.2 Å². The highest BCUT2D eigenvalue weighted by Crippen LogP contribution is 2.69. The molecule has 5 atom stereocenters. The lowest BCUT2D eigenvalue weighted by atomic mass is 10.0. The summed E-state index contributed by atoms with van der Waals surface area (Å²) in [5.41, 5.74) is 0. The van der Waals surface area contributed by atoms with Gasteiger partial charge in [0.05, 0.1) is 0 Å². The third-order valence-electron chi connectivity index (χ3n) is 6.24. The molecule has 19 heavy (non-hydrogen) atoms. The molecule has 1 saturated heterocycles. The van der Waals surface area contributed by atoms with Crippen LogP contribution in [0.15, 0.2) is 0 Å². The van der Waals surface area contributed by atoms with E-state index in [1.807, 2.05) is 0 Å². The average molecular weight is 262 g/mol. The number of nitrogens with one attached hydrogen (secondary N) is 1. The van der Waals surface area contributed by atoms with E-state index in [4.69, 9.17) is 0 Å². The van der Waals surface area contributed by atoms with Crippen molar-refractivity contribution < 1.29 is 4.79 Å². The SMILES string of the molecule is CCCN(C(=O)C1C2C3CCC(C3)C12)C1CCNC1. The summed E-state index contributed by atoms with van der Waals surface area (Å²) in [4.78, 5) is 15.2. The van der Waals surface area contributed by atoms with Crippen LogP contribution in [0, 0.1) is 29.6 Å². The summed E-state index contributed by atoms with van der Waals surface area (Å²) in [5, 5.41) is 3.41. The fourth-order valence-electron chi connectivity index (χ4n) is 5.47. The van der Waals surface area contributed by atoms with Crippen LogP contribution in [0.4, 0.5) is 0 Å². The van der Waals surface area contributed by atoms with Gasteiger partial charge in [0.1, 0.15) is 0 Å². The third kappa shape index (κ3) is 1.77. The van der Waals surface area contributed by atoms with Gasteiger partial charge in [-0.25, -0.2) is 0 Å². The zero-order valence-corrected chi connectivity index (χ0v) is 12.0. The molecule has 0 radical (unpaired) electrons. The van der Waals surface area contributed by atoms with E-state index in [-0.39, 0.29) is 0 Å². The van der Waals surface area contributed by atoms with Crippen molar-refractivity contribution in [3.63, 3.8) is 0 Å². The van der Waals surface area contributed by atoms with Crippen LogP contribution in [0.2, 0.25) is 0 Å². The molecule has 3 heteroatoms. The van der Waals surface area contributed by atoms with Gasteiger partial charge in [0.15, 0.2) is 0 Å². The van der Waals surface area contributed by atoms with Crippen molar-refractivity contribution >= 4 is 5.91 Å². The molecule has 1 heterocycles. The molecule has 1 N–H and O–H groups in total. The monoisotopic (exact) mass is 262 g/mol. The van der Waals surface area contributed by atoms with Gasteiger partial charge in [-0.1, -0.05) is 6.92 Å². The molecule has 0 aromatic rings. The second kappa shape index (κ2) is 4.47. The van der Waals surface area contributed by atoms with Gasteiger partial charge in [0.25, 0.3) is 0 Å². The predicted molar refractivity (Wildman–Crippen MR) is 74.6 cm³/mol. The molecule has 0 aromatic carbocycles. The molecule has 0 spiro atoms. The van der Waals surface area contributed by atoms with Crippen LogP contribution in [0.25, 0.3) is 0 Å². The highest BCUT2D eigenvalue weighted by atomic mass is 16.2. The molecule has 106 valence electrons. The van der Waals surface area contributed by atoms with E-state index in [0.29, 0.717) is 17.9 Å². The van der Waals surface area contributed by atoms with Gasteiger partial charge < -0.3 is 10.2 Å². The lowest BCUT2D eigenvalue weighted by Gasteiger charge is -2.29. The van der Waals surface area contributed by atoms with Gasteiger partial charge in [0.2, 0.25) is 5.91 Å². The fraction of sp³-hybridized carbons (Fsp3) is 0.938. The standard InChI is InChI=1S/C16H26N2O/c1-2-7-18(12-5-6-17-9-12)16(19)15-13-10-3-4-11(8-10)14(13)15/h10-15,17H,2-9H2,1H3. The Morgan fingerprint density at radius 1 is 1.21 bits per heavy atom. The first-order valence-electron chi connectivity index (χ1n) is 8.32. The molecule has 0 aromatic heterocycles. The van der Waals surface area contributed by atoms with Crippen molar-refractivity contribution in [2.45, 2.75) is 45.1 Å². The lowest BCUT2D eigenvalue weighted by molar-refractivity contribution is -0.135. The van der Waals surface area contributed by atoms with Crippen LogP contribution >= 0.6 is 0 Å². The molecule has 4 rings (SSSR count). The molecule has 5 unspecified atom stereocenters. The summed E-state index contributed by atoms with van der Waals surface area (Å²) in [6.45, 7) is 5.26. The Hall–Kier alpha value is -0.570. The Morgan fingerprint density at radius 3 is 2.53 bits per heavy atom. The Bertz CT molecular complexity index is 361. The molecule has 4 aliphatic rings. The lowest BCUT2D eigenvalue weighted by Crippen LogP contribution is -2.43. The van der Waals surface area contributed by atoms with Crippen molar-refractivity contribution in [1.29, 1.82) is 0 Å². The minimum Gasteiger partial charge on any atom is -0.338 e. The van der Waals surface area contributed by atoms with E-state index in [2.05, 4.69) is 17.1 Å². The van der Waals surface area contributed by atoms with Gasteiger partial charge in [0, 0.05) is 25.0 Å². The van der Waals surface area contributed by atoms with Gasteiger partial charge in [-0.3, -0.25) is 4.79 Å². The number of carbonyl (C=O) groups is 1. The summed E-state index contributed by atoms with van der Waals surface area (Å²) >= 11 is 0. The normalized spacial score (nSPS) is 46.4. The van der Waals surface area contributed by atoms with E-state index in [9.17, 15) is 4.79 Å². The fourth-order valence-corrected chi connectivity index (χ4v) is 5.47. The van der Waals surface area contributed by atoms with E-state index >= 15 is 0 Å². The zero-order chi connectivity index (χ0) is 13.0. The zero-order valence-electron chi connectivity index (χ0n) is 12.0. The first kappa shape index (κ1) is 12.2. The Morgan fingerprint density at radius 2 is 1.95 bits per heavy atom. The third-order valence-corrected chi connectivity index (χ3v) is 6.24. The van der Waals surface area contributed by atoms with Crippen LogP contribution < -0.4 is 5.32 Å². The van der Waals surface area contributed by atoms with Crippen molar-refractivity contribution in [3.8, 4) is 0 Å². The molecule has 4 fully saturated rings. The molecule has 1 amide bonds. The van der Waals surface area contributed by atoms with Gasteiger partial charge >= 0.3 is 0 Å². The van der Waals surface area contributed by atoms with E-state index in [1.165, 1.54) is 19.3 Å². The molecule has 1 aliphatic heterocycles. The number of fused-ring (bicyclic) bond motifs is 5. The molecular weight excluding hydrogens is 236 g/mol. The largest absolute Gasteiger partial charge is 0.338 e. The minimum atomic E-state index is 0.429. The number of amides is 1. The first-order chi connectivity index (χ1) is 9.31. The minimum absolute atomic E-state index is 0.429. The second-order valence-corrected chi connectivity index (χ2v) is 7.19. The van der Waals surface area contributed by atoms with Crippen LogP contribution in [-0.4, -0.2) is 36.5 Å². The summed E-state index contributed by atoms with van der Waals surface area (Å²) in [7, 11) is 0. The molecule has 3 aliphatic carbocycles. The van der Waals surface area contributed by atoms with E-state index in [1.54, 1.807) is 0 Å². The smallest absolute Gasteiger partial charge is 0.226 e. The summed E-state index contributed by atoms with van der Waals surface area (Å²) in [6.07, 6.45) is 6.51. The Kier molecular flexibility index (Phi) is 2.87. The quantitative estimate of drug-likeness (QED) is 0.839. The maximum absolute atomic E-state index is 12.9. The van der Waals surface area contributed by atoms with Crippen molar-refractivity contribution in [2.75, 3.05) is 19.6 Å². The summed E-state index contributed by atoms with van der Waals surface area (Å²) in [5.74, 6) is 4.35. The first-order valence-corrected chi connectivity index (χ1v) is 8.32. The number of hydrogen-bond acceptors (Lipinski definition) is 2. The van der Waals surface area contributed by atoms with Crippen LogP contribution in [0.5, 0.6) is 0 Å². The maximum atomic E-state index is 12.9. The maximum Gasteiger partial charge on any atom is 0.226 e. The van der Waals surface area contributed by atoms with Crippen molar-refractivity contribution in [2.24, 2.45) is 29.6 Å². The van der Waals surface area contributed by atoms with Crippen molar-refractivity contribution in [3.05, 3.63) is 0 Å². The predicted octanol–water partition coefficient (Wildman–Crippen LogP) is 1.88. The highest BCUT2D eigenvalue weighted by molar-refractivity contribution is 5.83. The Labute approximate surface area is 116 Å². The second-order valence-electron chi connectivity index (χ2n) is 7.19. The molecule has 2 bridgehead atoms. The molecule has 3 nitrogen and oxygen atoms in total. The van der Waals surface area contributed by atoms with Crippen LogP contribution in [0.3, 0.4) is 0 Å². The van der Waals surface area contributed by atoms with Gasteiger partial charge in [-0.2, -0.15) is 0 Å². The number of nitrogens with zero attached hydrogens (tertiary/aromatic N) is 1. The Balaban J connectivity index is 1.47. The van der Waals surface area contributed by atoms with E-state index in [0.717, 1.165) is 56.1 Å². The topological polar surface area (TPSA) is 32.3 Å². The van der Waals surface area contributed by atoms with Gasteiger partial charge in [-0.15, -0.1) is 0 Å². The number of rotatable bonds is 4.